The van der Waals surface area contributed by atoms with Gasteiger partial charge in [0.05, 0.1) is 29.5 Å². The molecule has 1 atom stereocenters. The molecule has 2 N–H and O–H groups in total. The molecule has 2 aliphatic rings. The third-order valence-electron chi connectivity index (χ3n) is 5.98. The molecule has 0 saturated carbocycles. The monoisotopic (exact) mass is 462 g/mol. The molecule has 2 aromatic rings. The second-order valence-corrected chi connectivity index (χ2v) is 8.18. The van der Waals surface area contributed by atoms with Gasteiger partial charge >= 0.3 is 6.18 Å². The first kappa shape index (κ1) is 23.0. The zero-order valence-corrected chi connectivity index (χ0v) is 18.0. The fraction of sp³-hybridized carbons (Fsp3) is 0.435. The summed E-state index contributed by atoms with van der Waals surface area (Å²) < 4.78 is 44.6. The van der Waals surface area contributed by atoms with Crippen LogP contribution in [-0.2, 0) is 39.9 Å². The molecule has 1 fully saturated rings. The number of fused-ring (bicyclic) bond motifs is 1. The van der Waals surface area contributed by atoms with E-state index in [0.717, 1.165) is 23.6 Å². The summed E-state index contributed by atoms with van der Waals surface area (Å²) in [7, 11) is 0. The predicted molar refractivity (Wildman–Crippen MR) is 114 cm³/mol. The fourth-order valence-electron chi connectivity index (χ4n) is 4.23. The first-order chi connectivity index (χ1) is 15.8. The molecule has 33 heavy (non-hydrogen) atoms. The van der Waals surface area contributed by atoms with Gasteiger partial charge in [-0.05, 0) is 48.6 Å². The third kappa shape index (κ3) is 5.44. The van der Waals surface area contributed by atoms with Crippen LogP contribution in [0, 0.1) is 5.92 Å². The van der Waals surface area contributed by atoms with Crippen molar-refractivity contribution in [1.82, 2.24) is 15.3 Å². The molecule has 1 aromatic carbocycles. The van der Waals surface area contributed by atoms with Crippen LogP contribution in [-0.4, -0.2) is 41.5 Å². The topological polar surface area (TPSA) is 83.6 Å². The van der Waals surface area contributed by atoms with Crippen LogP contribution < -0.4 is 10.9 Å². The van der Waals surface area contributed by atoms with Gasteiger partial charge in [-0.3, -0.25) is 25.4 Å². The number of ether oxygens (including phenoxy) is 1. The Kier molecular flexibility index (Phi) is 6.83. The number of hydrazine groups is 1. The third-order valence-corrected chi connectivity index (χ3v) is 5.98. The zero-order chi connectivity index (χ0) is 23.4. The number of alkyl halides is 3. The van der Waals surface area contributed by atoms with Gasteiger partial charge in [0.25, 0.3) is 0 Å². The first-order valence-electron chi connectivity index (χ1n) is 10.9. The second kappa shape index (κ2) is 9.78. The van der Waals surface area contributed by atoms with Crippen LogP contribution >= 0.6 is 0 Å². The zero-order valence-electron chi connectivity index (χ0n) is 18.0. The molecule has 3 heterocycles. The summed E-state index contributed by atoms with van der Waals surface area (Å²) in [4.78, 5) is 30.6. The van der Waals surface area contributed by atoms with Gasteiger partial charge in [-0.1, -0.05) is 12.1 Å². The average molecular weight is 462 g/mol. The standard InChI is InChI=1S/C23H25F3N4O3/c24-23(25,26)18-4-2-10-27-20(18)6-7-21(31)29-28-19-5-1-3-15-13-30(11-8-17(15)19)22(32)16-9-12-33-14-16/h1-5,10,16,28H,6-9,11-14H2,(H,29,31). The lowest BCUT2D eigenvalue weighted by molar-refractivity contribution is -0.139. The maximum absolute atomic E-state index is 13.1. The van der Waals surface area contributed by atoms with Crippen molar-refractivity contribution in [2.24, 2.45) is 5.92 Å². The van der Waals surface area contributed by atoms with Crippen LogP contribution in [0.4, 0.5) is 18.9 Å². The summed E-state index contributed by atoms with van der Waals surface area (Å²) >= 11 is 0. The Balaban J connectivity index is 1.33. The number of aromatic nitrogens is 1. The highest BCUT2D eigenvalue weighted by Gasteiger charge is 2.34. The minimum absolute atomic E-state index is 0.0795. The van der Waals surface area contributed by atoms with Gasteiger partial charge in [-0.25, -0.2) is 0 Å². The highest BCUT2D eigenvalue weighted by molar-refractivity contribution is 5.80. The number of amides is 2. The number of hydrogen-bond acceptors (Lipinski definition) is 5. The van der Waals surface area contributed by atoms with Crippen LogP contribution in [0.1, 0.15) is 35.2 Å². The number of carbonyl (C=O) groups excluding carboxylic acids is 2. The Labute approximate surface area is 189 Å². The molecule has 176 valence electrons. The van der Waals surface area contributed by atoms with Crippen molar-refractivity contribution in [3.63, 3.8) is 0 Å². The highest BCUT2D eigenvalue weighted by atomic mass is 19.4. The molecule has 1 aromatic heterocycles. The highest BCUT2D eigenvalue weighted by Crippen LogP contribution is 2.31. The van der Waals surface area contributed by atoms with E-state index in [1.807, 2.05) is 23.1 Å². The van der Waals surface area contributed by atoms with Crippen LogP contribution in [0.25, 0.3) is 0 Å². The van der Waals surface area contributed by atoms with Gasteiger partial charge in [0.15, 0.2) is 0 Å². The molecule has 2 amide bonds. The van der Waals surface area contributed by atoms with Crippen LogP contribution in [0.5, 0.6) is 0 Å². The Bertz CT molecular complexity index is 1020. The van der Waals surface area contributed by atoms with Gasteiger partial charge in [0.1, 0.15) is 0 Å². The molecule has 4 rings (SSSR count). The van der Waals surface area contributed by atoms with E-state index >= 15 is 0 Å². The lowest BCUT2D eigenvalue weighted by Gasteiger charge is -2.31. The number of pyridine rings is 1. The van der Waals surface area contributed by atoms with Gasteiger partial charge in [0, 0.05) is 32.3 Å². The van der Waals surface area contributed by atoms with E-state index in [4.69, 9.17) is 4.74 Å². The van der Waals surface area contributed by atoms with E-state index in [0.29, 0.717) is 38.4 Å². The summed E-state index contributed by atoms with van der Waals surface area (Å²) in [5.41, 5.74) is 7.18. The van der Waals surface area contributed by atoms with Crippen LogP contribution in [0.2, 0.25) is 0 Å². The van der Waals surface area contributed by atoms with Crippen molar-refractivity contribution in [3.05, 3.63) is 58.9 Å². The molecular weight excluding hydrogens is 437 g/mol. The smallest absolute Gasteiger partial charge is 0.381 e. The number of anilines is 1. The van der Waals surface area contributed by atoms with Gasteiger partial charge in [-0.2, -0.15) is 13.2 Å². The largest absolute Gasteiger partial charge is 0.418 e. The normalized spacial score (nSPS) is 18.0. The number of aryl methyl sites for hydroxylation is 1. The summed E-state index contributed by atoms with van der Waals surface area (Å²) in [6.07, 6.45) is -2.12. The molecule has 7 nitrogen and oxygen atoms in total. The Morgan fingerprint density at radius 2 is 2.06 bits per heavy atom. The number of hydrogen-bond donors (Lipinski definition) is 2. The van der Waals surface area contributed by atoms with Crippen LogP contribution in [0.15, 0.2) is 36.5 Å². The molecule has 1 saturated heterocycles. The summed E-state index contributed by atoms with van der Waals surface area (Å²) in [6.45, 7) is 2.16. The van der Waals surface area contributed by atoms with E-state index in [2.05, 4.69) is 15.8 Å². The lowest BCUT2D eigenvalue weighted by Crippen LogP contribution is -2.40. The van der Waals surface area contributed by atoms with Gasteiger partial charge in [-0.15, -0.1) is 0 Å². The van der Waals surface area contributed by atoms with Crippen molar-refractivity contribution in [1.29, 1.82) is 0 Å². The van der Waals surface area contributed by atoms with E-state index in [1.165, 1.54) is 12.3 Å². The number of halogens is 3. The van der Waals surface area contributed by atoms with Crippen molar-refractivity contribution in [2.75, 3.05) is 25.2 Å². The molecule has 0 aliphatic carbocycles. The van der Waals surface area contributed by atoms with E-state index in [9.17, 15) is 22.8 Å². The number of nitrogens with one attached hydrogen (secondary N) is 2. The molecule has 0 radical (unpaired) electrons. The maximum atomic E-state index is 13.1. The Hall–Kier alpha value is -3.14. The summed E-state index contributed by atoms with van der Waals surface area (Å²) in [5.74, 6) is -0.415. The molecular formula is C23H25F3N4O3. The van der Waals surface area contributed by atoms with Crippen molar-refractivity contribution in [3.8, 4) is 0 Å². The second-order valence-electron chi connectivity index (χ2n) is 8.18. The number of carbonyl (C=O) groups is 2. The molecule has 10 heteroatoms. The number of benzene rings is 1. The Morgan fingerprint density at radius 1 is 1.21 bits per heavy atom. The predicted octanol–water partition coefficient (Wildman–Crippen LogP) is 3.10. The molecule has 2 aliphatic heterocycles. The van der Waals surface area contributed by atoms with Crippen LogP contribution in [0.3, 0.4) is 0 Å². The van der Waals surface area contributed by atoms with E-state index in [-0.39, 0.29) is 30.4 Å². The quantitative estimate of drug-likeness (QED) is 0.645. The average Bonchev–Trinajstić information content (AvgIpc) is 3.35. The molecule has 0 spiro atoms. The van der Waals surface area contributed by atoms with Crippen molar-refractivity contribution < 1.29 is 27.5 Å². The first-order valence-corrected chi connectivity index (χ1v) is 10.9. The molecule has 0 bridgehead atoms. The minimum Gasteiger partial charge on any atom is -0.381 e. The Morgan fingerprint density at radius 3 is 2.82 bits per heavy atom. The number of rotatable bonds is 6. The van der Waals surface area contributed by atoms with Crippen molar-refractivity contribution >= 4 is 17.5 Å². The summed E-state index contributed by atoms with van der Waals surface area (Å²) in [5, 5.41) is 0. The maximum Gasteiger partial charge on any atom is 0.418 e. The van der Waals surface area contributed by atoms with Gasteiger partial charge in [0.2, 0.25) is 11.8 Å². The lowest BCUT2D eigenvalue weighted by atomic mass is 9.96. The SMILES string of the molecule is O=C(CCc1ncccc1C(F)(F)F)NNc1cccc2c1CCN(C(=O)C1CCOC1)C2. The van der Waals surface area contributed by atoms with Gasteiger partial charge < -0.3 is 9.64 Å². The molecule has 1 unspecified atom stereocenters. The fourth-order valence-corrected chi connectivity index (χ4v) is 4.23. The van der Waals surface area contributed by atoms with Crippen molar-refractivity contribution in [2.45, 2.75) is 38.4 Å². The van der Waals surface area contributed by atoms with E-state index in [1.54, 1.807) is 0 Å². The number of nitrogens with zero attached hydrogens (tertiary/aromatic N) is 2. The summed E-state index contributed by atoms with van der Waals surface area (Å²) in [6, 6.07) is 7.79. The minimum atomic E-state index is -4.51. The van der Waals surface area contributed by atoms with E-state index < -0.39 is 17.6 Å².